The lowest BCUT2D eigenvalue weighted by Crippen LogP contribution is -2.55. The number of hydrogen-bond donors (Lipinski definition) is 5. The van der Waals surface area contributed by atoms with Gasteiger partial charge in [0.25, 0.3) is 11.8 Å². The van der Waals surface area contributed by atoms with Gasteiger partial charge in [0.15, 0.2) is 0 Å². The van der Waals surface area contributed by atoms with Gasteiger partial charge in [-0.05, 0) is 62.4 Å². The van der Waals surface area contributed by atoms with Crippen molar-refractivity contribution in [3.8, 4) is 0 Å². The van der Waals surface area contributed by atoms with Crippen LogP contribution in [0.4, 0.5) is 5.69 Å². The molecule has 0 fully saturated rings. The maximum absolute atomic E-state index is 13.8. The van der Waals surface area contributed by atoms with Crippen LogP contribution in [-0.2, 0) is 11.2 Å². The van der Waals surface area contributed by atoms with Crippen LogP contribution < -0.4 is 26.2 Å². The van der Waals surface area contributed by atoms with Gasteiger partial charge in [0.1, 0.15) is 6.04 Å². The van der Waals surface area contributed by atoms with Gasteiger partial charge in [0.2, 0.25) is 5.91 Å². The van der Waals surface area contributed by atoms with Crippen molar-refractivity contribution in [2.75, 3.05) is 31.6 Å². The topological polar surface area (TPSA) is 123 Å². The number of nitrogens with one attached hydrogen (secondary N) is 4. The molecular weight excluding hydrogens is 566 g/mol. The fourth-order valence-electron chi connectivity index (χ4n) is 4.89. The first-order valence-electron chi connectivity index (χ1n) is 15.7. The SMILES string of the molecule is CCN(C)c1cc(C(=O)NC(CNC(C(=O)NCC(C)C)C(C)O)Cc2ccccc2)cc(C(=O)NC(C)c2ccccc2)c1. The Morgan fingerprint density at radius 3 is 1.93 bits per heavy atom. The summed E-state index contributed by atoms with van der Waals surface area (Å²) in [6.07, 6.45) is -0.443. The average Bonchev–Trinajstić information content (AvgIpc) is 3.03. The summed E-state index contributed by atoms with van der Waals surface area (Å²) in [6, 6.07) is 23.2. The number of hydrogen-bond acceptors (Lipinski definition) is 6. The highest BCUT2D eigenvalue weighted by molar-refractivity contribution is 6.01. The van der Waals surface area contributed by atoms with E-state index >= 15 is 0 Å². The number of amides is 3. The van der Waals surface area contributed by atoms with Gasteiger partial charge in [0.05, 0.1) is 12.1 Å². The van der Waals surface area contributed by atoms with Gasteiger partial charge in [-0.25, -0.2) is 0 Å². The van der Waals surface area contributed by atoms with Gasteiger partial charge in [-0.1, -0.05) is 74.5 Å². The average molecular weight is 616 g/mol. The van der Waals surface area contributed by atoms with Gasteiger partial charge < -0.3 is 31.3 Å². The largest absolute Gasteiger partial charge is 0.391 e. The Bertz CT molecular complexity index is 1380. The number of anilines is 1. The Hall–Kier alpha value is -4.21. The van der Waals surface area contributed by atoms with Crippen molar-refractivity contribution in [1.29, 1.82) is 0 Å². The zero-order valence-electron chi connectivity index (χ0n) is 27.3. The van der Waals surface area contributed by atoms with Crippen LogP contribution in [0.5, 0.6) is 0 Å². The monoisotopic (exact) mass is 615 g/mol. The third-order valence-corrected chi connectivity index (χ3v) is 7.70. The number of rotatable bonds is 16. The Kier molecular flexibility index (Phi) is 13.6. The van der Waals surface area contributed by atoms with Crippen LogP contribution in [0.1, 0.15) is 72.5 Å². The second kappa shape index (κ2) is 17.3. The minimum absolute atomic E-state index is 0.218. The summed E-state index contributed by atoms with van der Waals surface area (Å²) in [5.74, 6) is -0.641. The molecule has 0 bridgehead atoms. The first-order chi connectivity index (χ1) is 21.5. The van der Waals surface area contributed by atoms with Crippen molar-refractivity contribution < 1.29 is 19.5 Å². The fraction of sp³-hybridized carbons (Fsp3) is 0.417. The van der Waals surface area contributed by atoms with E-state index in [1.807, 2.05) is 100 Å². The van der Waals surface area contributed by atoms with E-state index in [-0.39, 0.29) is 36.2 Å². The molecule has 0 aliphatic carbocycles. The number of benzene rings is 3. The van der Waals surface area contributed by atoms with Crippen molar-refractivity contribution in [2.24, 2.45) is 5.92 Å². The quantitative estimate of drug-likeness (QED) is 0.166. The lowest BCUT2D eigenvalue weighted by molar-refractivity contribution is -0.125. The minimum Gasteiger partial charge on any atom is -0.391 e. The molecule has 3 amide bonds. The molecule has 0 radical (unpaired) electrons. The molecule has 9 heteroatoms. The summed E-state index contributed by atoms with van der Waals surface area (Å²) >= 11 is 0. The van der Waals surface area contributed by atoms with Gasteiger partial charge in [-0.15, -0.1) is 0 Å². The second-order valence-electron chi connectivity index (χ2n) is 12.0. The van der Waals surface area contributed by atoms with Crippen LogP contribution in [0.3, 0.4) is 0 Å². The van der Waals surface area contributed by atoms with E-state index in [0.29, 0.717) is 30.6 Å². The van der Waals surface area contributed by atoms with Crippen LogP contribution in [0, 0.1) is 5.92 Å². The minimum atomic E-state index is -0.939. The van der Waals surface area contributed by atoms with Crippen molar-refractivity contribution in [3.63, 3.8) is 0 Å². The molecule has 242 valence electrons. The fourth-order valence-corrected chi connectivity index (χ4v) is 4.89. The van der Waals surface area contributed by atoms with Gasteiger partial charge >= 0.3 is 0 Å². The highest BCUT2D eigenvalue weighted by Gasteiger charge is 2.26. The van der Waals surface area contributed by atoms with Crippen molar-refractivity contribution in [2.45, 2.75) is 65.3 Å². The molecule has 3 aromatic carbocycles. The van der Waals surface area contributed by atoms with Crippen LogP contribution >= 0.6 is 0 Å². The predicted molar refractivity (Wildman–Crippen MR) is 180 cm³/mol. The van der Waals surface area contributed by atoms with E-state index < -0.39 is 18.2 Å². The molecule has 0 aliphatic rings. The Morgan fingerprint density at radius 2 is 1.38 bits per heavy atom. The van der Waals surface area contributed by atoms with E-state index in [1.54, 1.807) is 25.1 Å². The first-order valence-corrected chi connectivity index (χ1v) is 15.7. The maximum atomic E-state index is 13.8. The van der Waals surface area contributed by atoms with Crippen molar-refractivity contribution in [1.82, 2.24) is 21.3 Å². The smallest absolute Gasteiger partial charge is 0.251 e. The standard InChI is InChI=1S/C36H49N5O4/c1-7-41(6)32-20-29(34(43)39-25(4)28-16-12-9-13-17-28)19-30(21-32)35(44)40-31(18-27-14-10-8-11-15-27)23-37-33(26(5)42)36(45)38-22-24(2)3/h8-17,19-21,24-26,31,33,37,42H,7,18,22-23H2,1-6H3,(H,38,45)(H,39,43)(H,40,44). The Labute approximate surface area is 267 Å². The summed E-state index contributed by atoms with van der Waals surface area (Å²) in [5, 5.41) is 22.6. The maximum Gasteiger partial charge on any atom is 0.251 e. The molecule has 4 atom stereocenters. The number of aliphatic hydroxyl groups excluding tert-OH is 1. The van der Waals surface area contributed by atoms with Gasteiger partial charge in [0, 0.05) is 49.5 Å². The van der Waals surface area contributed by atoms with Crippen LogP contribution in [0.25, 0.3) is 0 Å². The van der Waals surface area contributed by atoms with E-state index in [0.717, 1.165) is 16.8 Å². The molecule has 0 spiro atoms. The van der Waals surface area contributed by atoms with E-state index in [2.05, 4.69) is 21.3 Å². The number of carbonyl (C=O) groups is 3. The normalized spacial score (nSPS) is 13.8. The molecule has 3 aromatic rings. The zero-order valence-corrected chi connectivity index (χ0v) is 27.3. The molecule has 9 nitrogen and oxygen atoms in total. The third-order valence-electron chi connectivity index (χ3n) is 7.70. The summed E-state index contributed by atoms with van der Waals surface area (Å²) < 4.78 is 0. The molecule has 0 aliphatic heterocycles. The molecule has 5 N–H and O–H groups in total. The molecule has 0 saturated heterocycles. The molecule has 4 unspecified atom stereocenters. The summed E-state index contributed by atoms with van der Waals surface area (Å²) in [6.45, 7) is 10.9. The lowest BCUT2D eigenvalue weighted by atomic mass is 10.0. The highest BCUT2D eigenvalue weighted by Crippen LogP contribution is 2.20. The molecule has 3 rings (SSSR count). The molecule has 0 saturated carbocycles. The van der Waals surface area contributed by atoms with Crippen LogP contribution in [0.2, 0.25) is 0 Å². The van der Waals surface area contributed by atoms with Crippen LogP contribution in [-0.4, -0.2) is 67.7 Å². The van der Waals surface area contributed by atoms with Crippen molar-refractivity contribution >= 4 is 23.4 Å². The summed E-state index contributed by atoms with van der Waals surface area (Å²) in [5.41, 5.74) is 3.48. The molecule has 45 heavy (non-hydrogen) atoms. The van der Waals surface area contributed by atoms with E-state index in [4.69, 9.17) is 0 Å². The second-order valence-corrected chi connectivity index (χ2v) is 12.0. The van der Waals surface area contributed by atoms with Gasteiger partial charge in [-0.3, -0.25) is 14.4 Å². The molecular formula is C36H49N5O4. The van der Waals surface area contributed by atoms with Crippen molar-refractivity contribution in [3.05, 3.63) is 101 Å². The summed E-state index contributed by atoms with van der Waals surface area (Å²) in [7, 11) is 1.91. The predicted octanol–water partition coefficient (Wildman–Crippen LogP) is 4.09. The lowest BCUT2D eigenvalue weighted by Gasteiger charge is -2.26. The van der Waals surface area contributed by atoms with Crippen LogP contribution in [0.15, 0.2) is 78.9 Å². The number of aliphatic hydroxyl groups is 1. The van der Waals surface area contributed by atoms with E-state index in [9.17, 15) is 19.5 Å². The Morgan fingerprint density at radius 1 is 0.800 bits per heavy atom. The number of nitrogens with zero attached hydrogens (tertiary/aromatic N) is 1. The zero-order chi connectivity index (χ0) is 32.9. The molecule has 0 heterocycles. The Balaban J connectivity index is 1.84. The summed E-state index contributed by atoms with van der Waals surface area (Å²) in [4.78, 5) is 42.0. The highest BCUT2D eigenvalue weighted by atomic mass is 16.3. The number of carbonyl (C=O) groups excluding carboxylic acids is 3. The third kappa shape index (κ3) is 11.0. The molecule has 0 aromatic heterocycles. The first kappa shape index (κ1) is 35.3. The van der Waals surface area contributed by atoms with E-state index in [1.165, 1.54) is 0 Å². The van der Waals surface area contributed by atoms with Gasteiger partial charge in [-0.2, -0.15) is 0 Å².